The molecule has 1 heterocycles. The molecule has 3 aromatic carbocycles. The van der Waals surface area contributed by atoms with Crippen molar-refractivity contribution >= 4 is 17.7 Å². The van der Waals surface area contributed by atoms with Crippen LogP contribution in [0.1, 0.15) is 42.4 Å². The molecule has 0 unspecified atom stereocenters. The van der Waals surface area contributed by atoms with Crippen molar-refractivity contribution in [1.29, 1.82) is 0 Å². The van der Waals surface area contributed by atoms with Crippen LogP contribution in [0.3, 0.4) is 0 Å². The van der Waals surface area contributed by atoms with Gasteiger partial charge in [-0.3, -0.25) is 4.79 Å². The van der Waals surface area contributed by atoms with Crippen LogP contribution in [-0.4, -0.2) is 21.7 Å². The van der Waals surface area contributed by atoms with Crippen LogP contribution in [0.15, 0.2) is 89.8 Å². The fourth-order valence-electron chi connectivity index (χ4n) is 4.10. The number of benzene rings is 3. The Morgan fingerprint density at radius 2 is 1.61 bits per heavy atom. The quantitative estimate of drug-likeness (QED) is 0.296. The van der Waals surface area contributed by atoms with Crippen molar-refractivity contribution in [2.24, 2.45) is 0 Å². The molecule has 168 valence electrons. The molecule has 0 fully saturated rings. The molecule has 0 aliphatic rings. The minimum Gasteiger partial charge on any atom is -0.344 e. The van der Waals surface area contributed by atoms with E-state index in [1.165, 1.54) is 0 Å². The van der Waals surface area contributed by atoms with E-state index in [0.717, 1.165) is 33.8 Å². The minimum absolute atomic E-state index is 0.0653. The maximum absolute atomic E-state index is 13.8. The van der Waals surface area contributed by atoms with Gasteiger partial charge in [-0.25, -0.2) is 4.98 Å². The highest BCUT2D eigenvalue weighted by Gasteiger charge is 2.26. The van der Waals surface area contributed by atoms with Gasteiger partial charge in [0, 0.05) is 22.6 Å². The summed E-state index contributed by atoms with van der Waals surface area (Å²) in [6.07, 6.45) is 2.86. The fourth-order valence-corrected chi connectivity index (χ4v) is 4.56. The summed E-state index contributed by atoms with van der Waals surface area (Å²) in [6, 6.07) is 28.4. The third kappa shape index (κ3) is 4.88. The molecule has 0 radical (unpaired) electrons. The van der Waals surface area contributed by atoms with E-state index in [2.05, 4.69) is 49.7 Å². The van der Waals surface area contributed by atoms with Gasteiger partial charge in [0.05, 0.1) is 6.04 Å². The van der Waals surface area contributed by atoms with E-state index in [1.807, 2.05) is 65.2 Å². The zero-order valence-corrected chi connectivity index (χ0v) is 20.1. The number of imidazole rings is 1. The van der Waals surface area contributed by atoms with Gasteiger partial charge in [0.15, 0.2) is 0 Å². The van der Waals surface area contributed by atoms with Crippen molar-refractivity contribution in [3.8, 4) is 22.6 Å². The van der Waals surface area contributed by atoms with Crippen LogP contribution < -0.4 is 5.32 Å². The van der Waals surface area contributed by atoms with Gasteiger partial charge in [-0.05, 0) is 37.3 Å². The normalized spacial score (nSPS) is 11.8. The number of aromatic nitrogens is 2. The number of rotatable bonds is 8. The first-order chi connectivity index (χ1) is 16.2. The highest BCUT2D eigenvalue weighted by Crippen LogP contribution is 2.32. The Hall–Kier alpha value is -3.31. The first kappa shape index (κ1) is 22.9. The number of hydrogen-bond donors (Lipinski definition) is 1. The molecule has 1 amide bonds. The monoisotopic (exact) mass is 455 g/mol. The molecule has 5 heteroatoms. The van der Waals surface area contributed by atoms with Crippen LogP contribution in [0, 0.1) is 0 Å². The first-order valence-electron chi connectivity index (χ1n) is 11.3. The van der Waals surface area contributed by atoms with Gasteiger partial charge in [0.1, 0.15) is 17.2 Å². The Morgan fingerprint density at radius 1 is 0.939 bits per heavy atom. The number of nitrogens with zero attached hydrogens (tertiary/aromatic N) is 2. The molecule has 1 aromatic heterocycles. The molecule has 33 heavy (non-hydrogen) atoms. The Bertz CT molecular complexity index is 1220. The molecular formula is C28H29N3OS. The molecule has 4 aromatic rings. The third-order valence-corrected chi connectivity index (χ3v) is 6.51. The highest BCUT2D eigenvalue weighted by atomic mass is 32.2. The van der Waals surface area contributed by atoms with E-state index < -0.39 is 0 Å². The molecule has 0 aliphatic heterocycles. The Labute approximate surface area is 200 Å². The van der Waals surface area contributed by atoms with Crippen molar-refractivity contribution < 1.29 is 4.79 Å². The van der Waals surface area contributed by atoms with Crippen molar-refractivity contribution in [2.75, 3.05) is 6.26 Å². The molecule has 0 spiro atoms. The number of nitrogens with one attached hydrogen (secondary N) is 1. The van der Waals surface area contributed by atoms with Gasteiger partial charge in [-0.15, -0.1) is 11.8 Å². The summed E-state index contributed by atoms with van der Waals surface area (Å²) in [6.45, 7) is 4.79. The topological polar surface area (TPSA) is 46.9 Å². The highest BCUT2D eigenvalue weighted by molar-refractivity contribution is 7.98. The van der Waals surface area contributed by atoms with Crippen LogP contribution in [-0.2, 0) is 6.54 Å². The molecule has 0 bridgehead atoms. The second kappa shape index (κ2) is 10.5. The summed E-state index contributed by atoms with van der Waals surface area (Å²) in [5, 5.41) is 3.27. The van der Waals surface area contributed by atoms with E-state index in [0.29, 0.717) is 17.9 Å². The third-order valence-electron chi connectivity index (χ3n) is 5.79. The predicted octanol–water partition coefficient (Wildman–Crippen LogP) is 6.84. The van der Waals surface area contributed by atoms with Crippen molar-refractivity contribution in [1.82, 2.24) is 14.9 Å². The lowest BCUT2D eigenvalue weighted by molar-refractivity contribution is 0.0927. The maximum Gasteiger partial charge on any atom is 0.270 e. The molecule has 1 N–H and O–H groups in total. The average Bonchev–Trinajstić information content (AvgIpc) is 3.28. The second-order valence-electron chi connectivity index (χ2n) is 7.82. The summed E-state index contributed by atoms with van der Waals surface area (Å²) in [5.41, 5.74) is 4.36. The molecular weight excluding hydrogens is 426 g/mol. The number of amides is 1. The van der Waals surface area contributed by atoms with E-state index in [9.17, 15) is 4.79 Å². The van der Waals surface area contributed by atoms with E-state index in [-0.39, 0.29) is 11.9 Å². The van der Waals surface area contributed by atoms with E-state index >= 15 is 0 Å². The Balaban J connectivity index is 1.84. The number of carbonyl (C=O) groups is 1. The summed E-state index contributed by atoms with van der Waals surface area (Å²) < 4.78 is 2.03. The first-order valence-corrected chi connectivity index (χ1v) is 12.5. The summed E-state index contributed by atoms with van der Waals surface area (Å²) in [4.78, 5) is 19.9. The second-order valence-corrected chi connectivity index (χ2v) is 8.70. The maximum atomic E-state index is 13.8. The van der Waals surface area contributed by atoms with Crippen molar-refractivity contribution in [3.63, 3.8) is 0 Å². The Kier molecular flexibility index (Phi) is 7.30. The Morgan fingerprint density at radius 3 is 2.24 bits per heavy atom. The average molecular weight is 456 g/mol. The smallest absolute Gasteiger partial charge is 0.270 e. The lowest BCUT2D eigenvalue weighted by Crippen LogP contribution is -2.30. The van der Waals surface area contributed by atoms with Crippen molar-refractivity contribution in [2.45, 2.75) is 37.8 Å². The van der Waals surface area contributed by atoms with E-state index in [4.69, 9.17) is 4.98 Å². The van der Waals surface area contributed by atoms with Crippen LogP contribution in [0.25, 0.3) is 22.6 Å². The number of thioether (sulfide) groups is 1. The number of hydrogen-bond acceptors (Lipinski definition) is 3. The van der Waals surface area contributed by atoms with Gasteiger partial charge in [-0.2, -0.15) is 0 Å². The van der Waals surface area contributed by atoms with Crippen LogP contribution in [0.5, 0.6) is 0 Å². The predicted molar refractivity (Wildman–Crippen MR) is 137 cm³/mol. The lowest BCUT2D eigenvalue weighted by Gasteiger charge is -2.19. The van der Waals surface area contributed by atoms with Gasteiger partial charge in [-0.1, -0.05) is 79.7 Å². The SMILES string of the molecule is CC[C@H](NC(=O)c1c(-c2cccc(SC)c2)nc(-c2ccccc2)n1CC)c1ccccc1. The molecule has 0 saturated carbocycles. The van der Waals surface area contributed by atoms with Crippen LogP contribution in [0.4, 0.5) is 0 Å². The lowest BCUT2D eigenvalue weighted by atomic mass is 10.0. The summed E-state index contributed by atoms with van der Waals surface area (Å²) in [5.74, 6) is 0.701. The summed E-state index contributed by atoms with van der Waals surface area (Å²) >= 11 is 1.68. The van der Waals surface area contributed by atoms with E-state index in [1.54, 1.807) is 11.8 Å². The van der Waals surface area contributed by atoms with Gasteiger partial charge >= 0.3 is 0 Å². The van der Waals surface area contributed by atoms with Crippen LogP contribution >= 0.6 is 11.8 Å². The van der Waals surface area contributed by atoms with Gasteiger partial charge in [0.2, 0.25) is 0 Å². The molecule has 1 atom stereocenters. The zero-order chi connectivity index (χ0) is 23.2. The van der Waals surface area contributed by atoms with Crippen molar-refractivity contribution in [3.05, 3.63) is 96.2 Å². The molecule has 0 aliphatic carbocycles. The van der Waals surface area contributed by atoms with Gasteiger partial charge < -0.3 is 9.88 Å². The zero-order valence-electron chi connectivity index (χ0n) is 19.3. The molecule has 4 rings (SSSR count). The van der Waals surface area contributed by atoms with Gasteiger partial charge in [0.25, 0.3) is 5.91 Å². The molecule has 4 nitrogen and oxygen atoms in total. The largest absolute Gasteiger partial charge is 0.344 e. The standard InChI is InChI=1S/C28H29N3OS/c1-4-24(20-13-8-6-9-14-20)29-28(32)26-25(22-17-12-18-23(19-22)33-3)30-27(31(26)5-2)21-15-10-7-11-16-21/h6-19,24H,4-5H2,1-3H3,(H,29,32)/t24-/m0/s1. The minimum atomic E-state index is -0.105. The summed E-state index contributed by atoms with van der Waals surface area (Å²) in [7, 11) is 0. The fraction of sp³-hybridized carbons (Fsp3) is 0.214. The number of carbonyl (C=O) groups excluding carboxylic acids is 1. The van der Waals surface area contributed by atoms with Crippen LogP contribution in [0.2, 0.25) is 0 Å². The molecule has 0 saturated heterocycles.